The maximum atomic E-state index is 13.6. The van der Waals surface area contributed by atoms with Gasteiger partial charge in [-0.2, -0.15) is 4.31 Å². The first-order chi connectivity index (χ1) is 20.8. The number of rotatable bonds is 8. The Morgan fingerprint density at radius 3 is 2.05 bits per heavy atom. The van der Waals surface area contributed by atoms with Crippen molar-refractivity contribution in [3.8, 4) is 11.3 Å². The van der Waals surface area contributed by atoms with E-state index in [2.05, 4.69) is 84.5 Å². The molecule has 1 aliphatic heterocycles. The van der Waals surface area contributed by atoms with Crippen molar-refractivity contribution >= 4 is 27.0 Å². The molecule has 5 nitrogen and oxygen atoms in total. The van der Waals surface area contributed by atoms with Crippen LogP contribution in [0, 0.1) is 19.8 Å². The Morgan fingerprint density at radius 1 is 0.767 bits per heavy atom. The summed E-state index contributed by atoms with van der Waals surface area (Å²) in [7, 11) is -3.55. The van der Waals surface area contributed by atoms with Crippen LogP contribution in [0.2, 0.25) is 0 Å². The molecule has 0 unspecified atom stereocenters. The van der Waals surface area contributed by atoms with Crippen LogP contribution in [0.15, 0.2) is 118 Å². The molecule has 0 radical (unpaired) electrons. The molecule has 0 atom stereocenters. The number of sulfonamides is 1. The van der Waals surface area contributed by atoms with Gasteiger partial charge in [0.15, 0.2) is 4.80 Å². The summed E-state index contributed by atoms with van der Waals surface area (Å²) in [4.78, 5) is 6.22. The van der Waals surface area contributed by atoms with Crippen molar-refractivity contribution in [1.82, 2.24) is 8.87 Å². The number of benzene rings is 4. The Labute approximate surface area is 258 Å². The maximum Gasteiger partial charge on any atom is 0.243 e. The number of piperidine rings is 1. The largest absolute Gasteiger partial charge is 0.312 e. The van der Waals surface area contributed by atoms with Gasteiger partial charge in [-0.15, -0.1) is 11.3 Å². The van der Waals surface area contributed by atoms with Crippen molar-refractivity contribution in [3.63, 3.8) is 0 Å². The second-order valence-electron chi connectivity index (χ2n) is 11.5. The zero-order valence-electron chi connectivity index (χ0n) is 24.7. The summed E-state index contributed by atoms with van der Waals surface area (Å²) in [5, 5.41) is 2.11. The first-order valence-corrected chi connectivity index (χ1v) is 17.2. The van der Waals surface area contributed by atoms with Crippen LogP contribution in [0.3, 0.4) is 0 Å². The second kappa shape index (κ2) is 12.8. The van der Waals surface area contributed by atoms with Gasteiger partial charge in [0.1, 0.15) is 0 Å². The molecule has 2 heterocycles. The summed E-state index contributed by atoms with van der Waals surface area (Å²) in [6.07, 6.45) is 2.77. The molecule has 0 aliphatic carbocycles. The summed E-state index contributed by atoms with van der Waals surface area (Å²) >= 11 is 1.60. The number of hydrogen-bond donors (Lipinski definition) is 0. The van der Waals surface area contributed by atoms with Crippen molar-refractivity contribution < 1.29 is 8.42 Å². The van der Waals surface area contributed by atoms with Gasteiger partial charge in [0.25, 0.3) is 0 Å². The summed E-state index contributed by atoms with van der Waals surface area (Å²) in [6, 6.07) is 34.6. The van der Waals surface area contributed by atoms with Gasteiger partial charge in [-0.05, 0) is 80.0 Å². The number of thiazole rings is 1. The number of nitrogens with zero attached hydrogens (tertiary/aromatic N) is 3. The number of hydrogen-bond acceptors (Lipinski definition) is 4. The molecule has 7 heteroatoms. The third-order valence-electron chi connectivity index (χ3n) is 8.25. The highest BCUT2D eigenvalue weighted by Crippen LogP contribution is 2.28. The Hall–Kier alpha value is -3.78. The quantitative estimate of drug-likeness (QED) is 0.181. The molecule has 1 saturated heterocycles. The third-order valence-corrected chi connectivity index (χ3v) is 11.0. The molecule has 1 aliphatic rings. The lowest BCUT2D eigenvalue weighted by molar-refractivity contribution is 0.273. The first kappa shape index (κ1) is 29.3. The molecule has 0 N–H and O–H groups in total. The van der Waals surface area contributed by atoms with Crippen molar-refractivity contribution in [2.45, 2.75) is 44.6 Å². The number of aryl methyl sites for hydroxylation is 2. The topological polar surface area (TPSA) is 54.7 Å². The van der Waals surface area contributed by atoms with E-state index in [-0.39, 0.29) is 0 Å². The molecule has 6 rings (SSSR count). The van der Waals surface area contributed by atoms with Gasteiger partial charge in [0, 0.05) is 18.5 Å². The molecule has 0 spiro atoms. The minimum Gasteiger partial charge on any atom is -0.312 e. The second-order valence-corrected chi connectivity index (χ2v) is 14.3. The molecule has 5 aromatic rings. The summed E-state index contributed by atoms with van der Waals surface area (Å²) in [5.41, 5.74) is 7.82. The fraction of sp³-hybridized carbons (Fsp3) is 0.250. The van der Waals surface area contributed by atoms with Crippen LogP contribution >= 0.6 is 11.3 Å². The Bertz CT molecular complexity index is 1830. The standard InChI is InChI=1S/C36H37N3O2S2/c1-27-8-12-31(13-9-27)25-39-35(26-42-36(39)37-33-16-10-28(2)11-17-33)32-14-18-34(19-15-32)43(40,41)38-22-20-30(21-23-38)24-29-6-4-3-5-7-29/h3-19,26,30H,20-25H2,1-2H3. The highest BCUT2D eigenvalue weighted by atomic mass is 32.2. The van der Waals surface area contributed by atoms with Crippen LogP contribution in [0.4, 0.5) is 5.69 Å². The van der Waals surface area contributed by atoms with Gasteiger partial charge in [0.05, 0.1) is 22.8 Å². The highest BCUT2D eigenvalue weighted by molar-refractivity contribution is 7.89. The molecule has 220 valence electrons. The van der Waals surface area contributed by atoms with Crippen molar-refractivity contribution in [1.29, 1.82) is 0 Å². The lowest BCUT2D eigenvalue weighted by Gasteiger charge is -2.31. The molecule has 1 aromatic heterocycles. The van der Waals surface area contributed by atoms with Crippen LogP contribution in [-0.4, -0.2) is 30.4 Å². The van der Waals surface area contributed by atoms with E-state index in [9.17, 15) is 8.42 Å². The molecule has 43 heavy (non-hydrogen) atoms. The van der Waals surface area contributed by atoms with Gasteiger partial charge >= 0.3 is 0 Å². The fourth-order valence-corrected chi connectivity index (χ4v) is 8.05. The van der Waals surface area contributed by atoms with E-state index in [4.69, 9.17) is 4.99 Å². The zero-order valence-corrected chi connectivity index (χ0v) is 26.3. The normalized spacial score (nSPS) is 15.2. The molecule has 0 saturated carbocycles. The minimum atomic E-state index is -3.55. The first-order valence-electron chi connectivity index (χ1n) is 14.8. The van der Waals surface area contributed by atoms with Gasteiger partial charge in [-0.1, -0.05) is 90.0 Å². The average molecular weight is 608 g/mol. The molecular weight excluding hydrogens is 571 g/mol. The van der Waals surface area contributed by atoms with Crippen molar-refractivity contribution in [2.75, 3.05) is 13.1 Å². The Balaban J connectivity index is 1.24. The van der Waals surface area contributed by atoms with E-state index >= 15 is 0 Å². The van der Waals surface area contributed by atoms with Gasteiger partial charge in [-0.25, -0.2) is 13.4 Å². The van der Waals surface area contributed by atoms with Crippen molar-refractivity contribution in [2.24, 2.45) is 10.9 Å². The van der Waals surface area contributed by atoms with E-state index in [1.165, 1.54) is 22.3 Å². The molecule has 0 bridgehead atoms. The smallest absolute Gasteiger partial charge is 0.243 e. The third kappa shape index (κ3) is 6.90. The van der Waals surface area contributed by atoms with Crippen LogP contribution in [0.25, 0.3) is 11.3 Å². The van der Waals surface area contributed by atoms with Crippen LogP contribution in [0.5, 0.6) is 0 Å². The predicted molar refractivity (Wildman–Crippen MR) is 176 cm³/mol. The number of aromatic nitrogens is 1. The van der Waals surface area contributed by atoms with Crippen LogP contribution < -0.4 is 4.80 Å². The maximum absolute atomic E-state index is 13.6. The Kier molecular flexibility index (Phi) is 8.75. The molecule has 4 aromatic carbocycles. The molecule has 0 amide bonds. The summed E-state index contributed by atoms with van der Waals surface area (Å²) in [6.45, 7) is 5.96. The van der Waals surface area contributed by atoms with E-state index in [0.29, 0.717) is 30.4 Å². The predicted octanol–water partition coefficient (Wildman–Crippen LogP) is 7.76. The van der Waals surface area contributed by atoms with Crippen LogP contribution in [0.1, 0.15) is 35.1 Å². The lowest BCUT2D eigenvalue weighted by atomic mass is 9.91. The highest BCUT2D eigenvalue weighted by Gasteiger charge is 2.29. The lowest BCUT2D eigenvalue weighted by Crippen LogP contribution is -2.38. The van der Waals surface area contributed by atoms with E-state index in [1.807, 2.05) is 30.3 Å². The molecule has 1 fully saturated rings. The summed E-state index contributed by atoms with van der Waals surface area (Å²) in [5.74, 6) is 0.512. The zero-order chi connectivity index (χ0) is 29.8. The monoisotopic (exact) mass is 607 g/mol. The van der Waals surface area contributed by atoms with E-state index in [0.717, 1.165) is 41.0 Å². The van der Waals surface area contributed by atoms with Crippen LogP contribution in [-0.2, 0) is 23.0 Å². The van der Waals surface area contributed by atoms with Gasteiger partial charge in [0.2, 0.25) is 10.0 Å². The van der Waals surface area contributed by atoms with E-state index < -0.39 is 10.0 Å². The summed E-state index contributed by atoms with van der Waals surface area (Å²) < 4.78 is 31.0. The van der Waals surface area contributed by atoms with Crippen molar-refractivity contribution in [3.05, 3.63) is 136 Å². The van der Waals surface area contributed by atoms with Gasteiger partial charge in [-0.3, -0.25) is 0 Å². The van der Waals surface area contributed by atoms with Gasteiger partial charge < -0.3 is 4.57 Å². The minimum absolute atomic E-state index is 0.350. The average Bonchev–Trinajstić information content (AvgIpc) is 3.42. The SMILES string of the molecule is Cc1ccc(Cn2c(-c3ccc(S(=O)(=O)N4CCC(Cc5ccccc5)CC4)cc3)csc2=Nc2ccc(C)cc2)cc1. The Morgan fingerprint density at radius 2 is 1.40 bits per heavy atom. The fourth-order valence-electron chi connectivity index (χ4n) is 5.66. The van der Waals surface area contributed by atoms with E-state index in [1.54, 1.807) is 27.8 Å². The molecular formula is C36H37N3O2S2.